The molecule has 1 heterocycles. The Bertz CT molecular complexity index is 1210. The Kier molecular flexibility index (Phi) is 5.71. The van der Waals surface area contributed by atoms with Gasteiger partial charge in [-0.25, -0.2) is 0 Å². The van der Waals surface area contributed by atoms with E-state index >= 15 is 0 Å². The second kappa shape index (κ2) is 8.94. The van der Waals surface area contributed by atoms with Gasteiger partial charge < -0.3 is 10.6 Å². The number of fused-ring (bicyclic) bond motifs is 2. The molecule has 2 N–H and O–H groups in total. The quantitative estimate of drug-likeness (QED) is 0.313. The van der Waals surface area contributed by atoms with Gasteiger partial charge in [0.15, 0.2) is 0 Å². The van der Waals surface area contributed by atoms with Crippen LogP contribution in [-0.4, -0.2) is 11.8 Å². The van der Waals surface area contributed by atoms with E-state index in [2.05, 4.69) is 10.6 Å². The summed E-state index contributed by atoms with van der Waals surface area (Å²) in [5.74, 6) is -0.268. The number of carbonyl (C=O) groups is 2. The van der Waals surface area contributed by atoms with E-state index in [1.807, 2.05) is 72.8 Å². The summed E-state index contributed by atoms with van der Waals surface area (Å²) in [5, 5.41) is 5.94. The van der Waals surface area contributed by atoms with E-state index < -0.39 is 0 Å². The Balaban J connectivity index is 1.33. The largest absolute Gasteiger partial charge is 0.322 e. The maximum absolute atomic E-state index is 12.5. The van der Waals surface area contributed by atoms with Crippen molar-refractivity contribution in [3.8, 4) is 0 Å². The number of anilines is 2. The van der Waals surface area contributed by atoms with Crippen LogP contribution in [0.25, 0.3) is 0 Å². The van der Waals surface area contributed by atoms with Crippen LogP contribution in [0.4, 0.5) is 11.4 Å². The number of nitrogens with one attached hydrogen (secondary N) is 2. The number of amides is 2. The van der Waals surface area contributed by atoms with E-state index in [0.29, 0.717) is 11.1 Å². The molecular formula is C26H18N2O2S2. The van der Waals surface area contributed by atoms with Crippen molar-refractivity contribution < 1.29 is 9.59 Å². The summed E-state index contributed by atoms with van der Waals surface area (Å²) in [6.07, 6.45) is 0. The molecule has 6 heteroatoms. The van der Waals surface area contributed by atoms with Crippen LogP contribution in [0.2, 0.25) is 0 Å². The fourth-order valence-electron chi connectivity index (χ4n) is 3.32. The summed E-state index contributed by atoms with van der Waals surface area (Å²) in [5.41, 5.74) is 2.75. The lowest BCUT2D eigenvalue weighted by atomic mass is 10.2. The second-order valence-corrected chi connectivity index (χ2v) is 9.34. The Hall–Kier alpha value is -3.48. The van der Waals surface area contributed by atoms with Crippen molar-refractivity contribution in [3.63, 3.8) is 0 Å². The SMILES string of the molecule is O=C(Nc1ccc2c(c1)Sc1cc(NC(=O)c3ccccc3)ccc1S2)c1ccccc1. The first-order chi connectivity index (χ1) is 15.7. The monoisotopic (exact) mass is 454 g/mol. The lowest BCUT2D eigenvalue weighted by Crippen LogP contribution is -2.12. The molecule has 4 nitrogen and oxygen atoms in total. The molecule has 2 amide bonds. The summed E-state index contributed by atoms with van der Waals surface area (Å²) in [4.78, 5) is 29.4. The molecule has 0 saturated carbocycles. The third kappa shape index (κ3) is 4.42. The summed E-state index contributed by atoms with van der Waals surface area (Å²) >= 11 is 3.32. The maximum Gasteiger partial charge on any atom is 0.255 e. The van der Waals surface area contributed by atoms with Crippen molar-refractivity contribution in [2.24, 2.45) is 0 Å². The van der Waals surface area contributed by atoms with Gasteiger partial charge in [0.2, 0.25) is 0 Å². The number of carbonyl (C=O) groups excluding carboxylic acids is 2. The van der Waals surface area contributed by atoms with Crippen molar-refractivity contribution >= 4 is 46.7 Å². The van der Waals surface area contributed by atoms with Crippen LogP contribution in [0.15, 0.2) is 117 Å². The Morgan fingerprint density at radius 3 is 1.34 bits per heavy atom. The van der Waals surface area contributed by atoms with Crippen molar-refractivity contribution in [2.75, 3.05) is 10.6 Å². The van der Waals surface area contributed by atoms with Gasteiger partial charge in [-0.15, -0.1) is 0 Å². The van der Waals surface area contributed by atoms with Crippen LogP contribution in [0.5, 0.6) is 0 Å². The molecule has 0 aromatic heterocycles. The highest BCUT2D eigenvalue weighted by Crippen LogP contribution is 2.49. The van der Waals surface area contributed by atoms with Crippen LogP contribution in [0, 0.1) is 0 Å². The van der Waals surface area contributed by atoms with E-state index in [0.717, 1.165) is 31.0 Å². The molecule has 0 aliphatic carbocycles. The molecule has 5 rings (SSSR count). The molecule has 0 radical (unpaired) electrons. The molecule has 0 spiro atoms. The highest BCUT2D eigenvalue weighted by Gasteiger charge is 2.19. The predicted molar refractivity (Wildman–Crippen MR) is 130 cm³/mol. The van der Waals surface area contributed by atoms with E-state index in [9.17, 15) is 9.59 Å². The molecule has 0 fully saturated rings. The topological polar surface area (TPSA) is 58.2 Å². The van der Waals surface area contributed by atoms with Crippen LogP contribution >= 0.6 is 23.5 Å². The number of hydrogen-bond acceptors (Lipinski definition) is 4. The van der Waals surface area contributed by atoms with Crippen LogP contribution in [0.1, 0.15) is 20.7 Å². The lowest BCUT2D eigenvalue weighted by molar-refractivity contribution is 0.101. The minimum Gasteiger partial charge on any atom is -0.322 e. The first-order valence-corrected chi connectivity index (χ1v) is 11.7. The normalized spacial score (nSPS) is 11.8. The molecule has 4 aromatic rings. The van der Waals surface area contributed by atoms with Crippen LogP contribution in [-0.2, 0) is 0 Å². The number of rotatable bonds is 4. The van der Waals surface area contributed by atoms with Gasteiger partial charge in [0.05, 0.1) is 0 Å². The fraction of sp³-hybridized carbons (Fsp3) is 0. The van der Waals surface area contributed by atoms with E-state index in [1.54, 1.807) is 47.8 Å². The average Bonchev–Trinajstić information content (AvgIpc) is 2.84. The molecular weight excluding hydrogens is 436 g/mol. The summed E-state index contributed by atoms with van der Waals surface area (Å²) in [7, 11) is 0. The van der Waals surface area contributed by atoms with E-state index in [4.69, 9.17) is 0 Å². The molecule has 1 aliphatic heterocycles. The zero-order chi connectivity index (χ0) is 21.9. The third-order valence-electron chi connectivity index (χ3n) is 4.91. The minimum atomic E-state index is -0.134. The van der Waals surface area contributed by atoms with Gasteiger partial charge >= 0.3 is 0 Å². The highest BCUT2D eigenvalue weighted by molar-refractivity contribution is 8.05. The molecule has 32 heavy (non-hydrogen) atoms. The van der Waals surface area contributed by atoms with Gasteiger partial charge in [0.25, 0.3) is 11.8 Å². The standard InChI is InChI=1S/C26H18N2O2S2/c29-25(17-7-3-1-4-8-17)27-19-11-13-21-23(15-19)32-24-16-20(12-14-22(24)31-21)28-26(30)18-9-5-2-6-10-18/h1-16H,(H,27,29)(H,28,30). The summed E-state index contributed by atoms with van der Waals surface area (Å²) in [6, 6.07) is 30.2. The minimum absolute atomic E-state index is 0.134. The van der Waals surface area contributed by atoms with Gasteiger partial charge in [-0.05, 0) is 60.7 Å². The maximum atomic E-state index is 12.5. The van der Waals surface area contributed by atoms with Gasteiger partial charge in [-0.3, -0.25) is 9.59 Å². The van der Waals surface area contributed by atoms with Gasteiger partial charge in [0.1, 0.15) is 0 Å². The van der Waals surface area contributed by atoms with E-state index in [-0.39, 0.29) is 11.8 Å². The summed E-state index contributed by atoms with van der Waals surface area (Å²) < 4.78 is 0. The molecule has 156 valence electrons. The molecule has 0 bridgehead atoms. The van der Waals surface area contributed by atoms with Gasteiger partial charge in [0, 0.05) is 42.1 Å². The van der Waals surface area contributed by atoms with E-state index in [1.165, 1.54) is 0 Å². The Labute approximate surface area is 194 Å². The Morgan fingerprint density at radius 1 is 0.500 bits per heavy atom. The smallest absolute Gasteiger partial charge is 0.255 e. The van der Waals surface area contributed by atoms with Crippen LogP contribution in [0.3, 0.4) is 0 Å². The number of hydrogen-bond donors (Lipinski definition) is 2. The van der Waals surface area contributed by atoms with Crippen LogP contribution < -0.4 is 10.6 Å². The van der Waals surface area contributed by atoms with Crippen molar-refractivity contribution in [2.45, 2.75) is 19.6 Å². The zero-order valence-electron chi connectivity index (χ0n) is 16.9. The first kappa shape index (κ1) is 20.4. The van der Waals surface area contributed by atoms with Gasteiger partial charge in [-0.2, -0.15) is 0 Å². The van der Waals surface area contributed by atoms with Crippen molar-refractivity contribution in [3.05, 3.63) is 108 Å². The van der Waals surface area contributed by atoms with Crippen molar-refractivity contribution in [1.82, 2.24) is 0 Å². The Morgan fingerprint density at radius 2 is 0.906 bits per heavy atom. The van der Waals surface area contributed by atoms with Crippen molar-refractivity contribution in [1.29, 1.82) is 0 Å². The number of benzene rings is 4. The fourth-order valence-corrected chi connectivity index (χ4v) is 5.60. The summed E-state index contributed by atoms with van der Waals surface area (Å²) in [6.45, 7) is 0. The average molecular weight is 455 g/mol. The lowest BCUT2D eigenvalue weighted by Gasteiger charge is -2.20. The second-order valence-electron chi connectivity index (χ2n) is 7.17. The first-order valence-electron chi connectivity index (χ1n) is 10.0. The molecule has 1 aliphatic rings. The van der Waals surface area contributed by atoms with Gasteiger partial charge in [-0.1, -0.05) is 59.9 Å². The molecule has 0 saturated heterocycles. The predicted octanol–water partition coefficient (Wildman–Crippen LogP) is 6.81. The molecule has 0 unspecified atom stereocenters. The third-order valence-corrected chi connectivity index (χ3v) is 7.44. The highest BCUT2D eigenvalue weighted by atomic mass is 32.2. The molecule has 0 atom stereocenters. The molecule has 4 aromatic carbocycles. The zero-order valence-corrected chi connectivity index (χ0v) is 18.5.